The van der Waals surface area contributed by atoms with E-state index in [4.69, 9.17) is 4.74 Å². The molecule has 0 amide bonds. The van der Waals surface area contributed by atoms with Gasteiger partial charge in [0, 0.05) is 5.56 Å². The zero-order chi connectivity index (χ0) is 16.8. The molecule has 0 heterocycles. The van der Waals surface area contributed by atoms with Crippen molar-refractivity contribution in [3.63, 3.8) is 0 Å². The SMILES string of the molecule is CCCc1ccc(C[S+]([O-])c2ccccc2)c(C(=O)O)c1OC. The lowest BCUT2D eigenvalue weighted by Crippen LogP contribution is -2.12. The Morgan fingerprint density at radius 2 is 1.83 bits per heavy atom. The van der Waals surface area contributed by atoms with Gasteiger partial charge in [-0.1, -0.05) is 43.7 Å². The van der Waals surface area contributed by atoms with Crippen LogP contribution in [0.4, 0.5) is 0 Å². The molecule has 122 valence electrons. The van der Waals surface area contributed by atoms with E-state index in [-0.39, 0.29) is 11.3 Å². The average Bonchev–Trinajstić information content (AvgIpc) is 2.56. The molecule has 1 unspecified atom stereocenters. The zero-order valence-corrected chi connectivity index (χ0v) is 14.1. The van der Waals surface area contributed by atoms with Crippen LogP contribution in [0.15, 0.2) is 47.4 Å². The second-order valence-corrected chi connectivity index (χ2v) is 6.60. The summed E-state index contributed by atoms with van der Waals surface area (Å²) in [6, 6.07) is 12.7. The lowest BCUT2D eigenvalue weighted by molar-refractivity contribution is 0.0692. The van der Waals surface area contributed by atoms with Crippen molar-refractivity contribution >= 4 is 17.1 Å². The fourth-order valence-electron chi connectivity index (χ4n) is 2.52. The monoisotopic (exact) mass is 332 g/mol. The fourth-order valence-corrected chi connectivity index (χ4v) is 3.67. The first-order chi connectivity index (χ1) is 11.1. The van der Waals surface area contributed by atoms with Crippen LogP contribution in [0.5, 0.6) is 5.75 Å². The number of hydrogen-bond acceptors (Lipinski definition) is 3. The highest BCUT2D eigenvalue weighted by Crippen LogP contribution is 2.30. The van der Waals surface area contributed by atoms with Crippen molar-refractivity contribution in [3.05, 3.63) is 59.2 Å². The molecule has 2 aromatic rings. The third kappa shape index (κ3) is 4.06. The predicted octanol–water partition coefficient (Wildman–Crippen LogP) is 3.65. The van der Waals surface area contributed by atoms with Gasteiger partial charge in [-0.05, 0) is 35.3 Å². The van der Waals surface area contributed by atoms with Gasteiger partial charge in [-0.3, -0.25) is 0 Å². The number of benzene rings is 2. The van der Waals surface area contributed by atoms with Crippen LogP contribution in [0.25, 0.3) is 0 Å². The highest BCUT2D eigenvalue weighted by molar-refractivity contribution is 7.90. The summed E-state index contributed by atoms with van der Waals surface area (Å²) in [5, 5.41) is 9.57. The predicted molar refractivity (Wildman–Crippen MR) is 90.5 cm³/mol. The summed E-state index contributed by atoms with van der Waals surface area (Å²) in [6.45, 7) is 2.03. The molecule has 0 aliphatic carbocycles. The number of aryl methyl sites for hydroxylation is 1. The molecule has 2 rings (SSSR count). The molecular weight excluding hydrogens is 312 g/mol. The number of ether oxygens (including phenoxy) is 1. The Hall–Kier alpha value is -1.98. The van der Waals surface area contributed by atoms with Crippen LogP contribution in [0.1, 0.15) is 34.8 Å². The first kappa shape index (κ1) is 17.4. The molecule has 0 radical (unpaired) electrons. The van der Waals surface area contributed by atoms with Gasteiger partial charge in [0.15, 0.2) is 4.90 Å². The zero-order valence-electron chi connectivity index (χ0n) is 13.2. The molecule has 0 aliphatic heterocycles. The van der Waals surface area contributed by atoms with Crippen LogP contribution >= 0.6 is 0 Å². The Morgan fingerprint density at radius 3 is 2.39 bits per heavy atom. The number of hydrogen-bond donors (Lipinski definition) is 1. The second-order valence-electron chi connectivity index (χ2n) is 5.15. The minimum Gasteiger partial charge on any atom is -0.611 e. The fraction of sp³-hybridized carbons (Fsp3) is 0.278. The summed E-state index contributed by atoms with van der Waals surface area (Å²) >= 11 is -1.30. The summed E-state index contributed by atoms with van der Waals surface area (Å²) in [6.07, 6.45) is 1.64. The van der Waals surface area contributed by atoms with Crippen LogP contribution < -0.4 is 4.74 Å². The van der Waals surface area contributed by atoms with E-state index in [0.717, 1.165) is 18.4 Å². The van der Waals surface area contributed by atoms with E-state index >= 15 is 0 Å². The Morgan fingerprint density at radius 1 is 1.17 bits per heavy atom. The second kappa shape index (κ2) is 8.04. The summed E-state index contributed by atoms with van der Waals surface area (Å²) in [4.78, 5) is 12.4. The van der Waals surface area contributed by atoms with E-state index in [1.54, 1.807) is 18.2 Å². The number of carboxylic acids is 1. The largest absolute Gasteiger partial charge is 0.611 e. The number of carboxylic acid groups (broad SMARTS) is 1. The van der Waals surface area contributed by atoms with Gasteiger partial charge in [0.2, 0.25) is 0 Å². The van der Waals surface area contributed by atoms with Gasteiger partial charge in [-0.2, -0.15) is 0 Å². The molecule has 0 fully saturated rings. The van der Waals surface area contributed by atoms with Gasteiger partial charge >= 0.3 is 5.97 Å². The topological polar surface area (TPSA) is 69.6 Å². The quantitative estimate of drug-likeness (QED) is 0.786. The van der Waals surface area contributed by atoms with Gasteiger partial charge in [-0.25, -0.2) is 4.79 Å². The van der Waals surface area contributed by atoms with Crippen molar-refractivity contribution in [2.45, 2.75) is 30.4 Å². The van der Waals surface area contributed by atoms with Crippen molar-refractivity contribution < 1.29 is 19.2 Å². The lowest BCUT2D eigenvalue weighted by atomic mass is 10.0. The maximum absolute atomic E-state index is 12.5. The van der Waals surface area contributed by atoms with Gasteiger partial charge in [0.25, 0.3) is 0 Å². The Labute approximate surface area is 139 Å². The summed E-state index contributed by atoms with van der Waals surface area (Å²) in [5.41, 5.74) is 1.50. The van der Waals surface area contributed by atoms with Crippen LogP contribution in [-0.2, 0) is 23.3 Å². The Balaban J connectivity index is 2.40. The molecule has 0 saturated carbocycles. The summed E-state index contributed by atoms with van der Waals surface area (Å²) in [7, 11) is 1.47. The minimum atomic E-state index is -1.30. The molecule has 0 saturated heterocycles. The normalized spacial score (nSPS) is 12.0. The third-order valence-corrected chi connectivity index (χ3v) is 4.93. The van der Waals surface area contributed by atoms with Crippen molar-refractivity contribution in [2.24, 2.45) is 0 Å². The molecule has 23 heavy (non-hydrogen) atoms. The molecule has 0 aromatic heterocycles. The number of methoxy groups -OCH3 is 1. The molecule has 0 bridgehead atoms. The number of aromatic carboxylic acids is 1. The number of carbonyl (C=O) groups is 1. The molecule has 4 nitrogen and oxygen atoms in total. The van der Waals surface area contributed by atoms with Crippen LogP contribution in [0.2, 0.25) is 0 Å². The van der Waals surface area contributed by atoms with E-state index in [1.807, 2.05) is 31.2 Å². The Kier molecular flexibility index (Phi) is 6.07. The standard InChI is InChI=1S/C18H20O4S/c1-3-7-13-10-11-14(16(18(19)20)17(13)22-2)12-23(21)15-8-5-4-6-9-15/h4-6,8-11H,3,7,12H2,1-2H3,(H,19,20). The number of rotatable bonds is 7. The molecular formula is C18H20O4S. The molecule has 1 atom stereocenters. The molecule has 0 aliphatic rings. The third-order valence-electron chi connectivity index (χ3n) is 3.56. The maximum Gasteiger partial charge on any atom is 0.339 e. The highest BCUT2D eigenvalue weighted by atomic mass is 32.2. The van der Waals surface area contributed by atoms with Gasteiger partial charge in [0.1, 0.15) is 17.1 Å². The molecule has 0 spiro atoms. The van der Waals surface area contributed by atoms with Crippen molar-refractivity contribution in [1.29, 1.82) is 0 Å². The summed E-state index contributed by atoms with van der Waals surface area (Å²) < 4.78 is 17.8. The van der Waals surface area contributed by atoms with E-state index in [0.29, 0.717) is 16.2 Å². The van der Waals surface area contributed by atoms with Gasteiger partial charge in [0.05, 0.1) is 7.11 Å². The first-order valence-electron chi connectivity index (χ1n) is 7.44. The van der Waals surface area contributed by atoms with E-state index < -0.39 is 17.1 Å². The van der Waals surface area contributed by atoms with Gasteiger partial charge < -0.3 is 14.4 Å². The first-order valence-corrected chi connectivity index (χ1v) is 8.75. The van der Waals surface area contributed by atoms with Crippen molar-refractivity contribution in [2.75, 3.05) is 7.11 Å². The van der Waals surface area contributed by atoms with Crippen LogP contribution in [0, 0.1) is 0 Å². The molecule has 2 aromatic carbocycles. The lowest BCUT2D eigenvalue weighted by Gasteiger charge is -2.16. The molecule has 5 heteroatoms. The summed E-state index contributed by atoms with van der Waals surface area (Å²) in [5.74, 6) is -0.532. The van der Waals surface area contributed by atoms with Crippen LogP contribution in [0.3, 0.4) is 0 Å². The maximum atomic E-state index is 12.5. The van der Waals surface area contributed by atoms with E-state index in [9.17, 15) is 14.5 Å². The van der Waals surface area contributed by atoms with Crippen molar-refractivity contribution in [1.82, 2.24) is 0 Å². The smallest absolute Gasteiger partial charge is 0.339 e. The molecule has 1 N–H and O–H groups in total. The minimum absolute atomic E-state index is 0.114. The average molecular weight is 332 g/mol. The van der Waals surface area contributed by atoms with Crippen molar-refractivity contribution in [3.8, 4) is 5.75 Å². The van der Waals surface area contributed by atoms with E-state index in [1.165, 1.54) is 7.11 Å². The highest BCUT2D eigenvalue weighted by Gasteiger charge is 2.23. The Bertz CT molecular complexity index is 670. The van der Waals surface area contributed by atoms with Crippen LogP contribution in [-0.4, -0.2) is 22.7 Å². The van der Waals surface area contributed by atoms with E-state index in [2.05, 4.69) is 0 Å². The van der Waals surface area contributed by atoms with Gasteiger partial charge in [-0.15, -0.1) is 0 Å².